The van der Waals surface area contributed by atoms with Crippen LogP contribution in [0.2, 0.25) is 0 Å². The number of aliphatic hydroxyl groups excluding tert-OH is 1. The summed E-state index contributed by atoms with van der Waals surface area (Å²) in [6, 6.07) is 0.382. The molecule has 0 radical (unpaired) electrons. The summed E-state index contributed by atoms with van der Waals surface area (Å²) in [5.74, 6) is 0.801. The molecule has 2 atom stereocenters. The van der Waals surface area contributed by atoms with Gasteiger partial charge in [-0.1, -0.05) is 13.8 Å². The highest BCUT2D eigenvalue weighted by molar-refractivity contribution is 4.82. The van der Waals surface area contributed by atoms with E-state index in [0.29, 0.717) is 6.04 Å². The van der Waals surface area contributed by atoms with Gasteiger partial charge in [0.15, 0.2) is 0 Å². The molecule has 0 aliphatic heterocycles. The van der Waals surface area contributed by atoms with Gasteiger partial charge in [-0.15, -0.1) is 0 Å². The summed E-state index contributed by atoms with van der Waals surface area (Å²) in [4.78, 5) is 0. The van der Waals surface area contributed by atoms with E-state index in [1.54, 1.807) is 0 Å². The molecule has 0 aromatic carbocycles. The molecule has 1 rings (SSSR count). The summed E-state index contributed by atoms with van der Waals surface area (Å²) in [7, 11) is 0. The molecular weight excluding hydrogens is 162 g/mol. The first-order valence-corrected chi connectivity index (χ1v) is 5.61. The fourth-order valence-electron chi connectivity index (χ4n) is 1.98. The van der Waals surface area contributed by atoms with Crippen LogP contribution in [0.3, 0.4) is 0 Å². The lowest BCUT2D eigenvalue weighted by molar-refractivity contribution is 0.149. The second-order valence-corrected chi connectivity index (χ2v) is 4.59. The number of hydrogen-bond donors (Lipinski definition) is 2. The zero-order chi connectivity index (χ0) is 9.68. The van der Waals surface area contributed by atoms with Crippen molar-refractivity contribution in [2.24, 2.45) is 5.92 Å². The van der Waals surface area contributed by atoms with Gasteiger partial charge in [-0.2, -0.15) is 0 Å². The Morgan fingerprint density at radius 3 is 2.69 bits per heavy atom. The molecule has 2 nitrogen and oxygen atoms in total. The third-order valence-electron chi connectivity index (χ3n) is 2.84. The first kappa shape index (κ1) is 11.0. The summed E-state index contributed by atoms with van der Waals surface area (Å²) >= 11 is 0. The minimum absolute atomic E-state index is 0.0842. The summed E-state index contributed by atoms with van der Waals surface area (Å²) in [5.41, 5.74) is 0. The monoisotopic (exact) mass is 185 g/mol. The van der Waals surface area contributed by atoms with Gasteiger partial charge in [0.25, 0.3) is 0 Å². The SMILES string of the molecule is CC(C)CCCN[C@H]1CCC[C@@H]1O. The first-order valence-electron chi connectivity index (χ1n) is 5.61. The molecule has 0 bridgehead atoms. The molecule has 2 heteroatoms. The Morgan fingerprint density at radius 1 is 1.38 bits per heavy atom. The van der Waals surface area contributed by atoms with E-state index in [4.69, 9.17) is 0 Å². The Labute approximate surface area is 81.7 Å². The average molecular weight is 185 g/mol. The lowest BCUT2D eigenvalue weighted by atomic mass is 10.1. The van der Waals surface area contributed by atoms with E-state index in [9.17, 15) is 5.11 Å². The highest BCUT2D eigenvalue weighted by Crippen LogP contribution is 2.18. The van der Waals surface area contributed by atoms with Crippen molar-refractivity contribution in [3.63, 3.8) is 0 Å². The predicted octanol–water partition coefficient (Wildman–Crippen LogP) is 1.93. The average Bonchev–Trinajstić information content (AvgIpc) is 2.45. The number of aliphatic hydroxyl groups is 1. The fourth-order valence-corrected chi connectivity index (χ4v) is 1.98. The molecule has 0 spiro atoms. The lowest BCUT2D eigenvalue weighted by Crippen LogP contribution is -2.36. The highest BCUT2D eigenvalue weighted by atomic mass is 16.3. The number of hydrogen-bond acceptors (Lipinski definition) is 2. The quantitative estimate of drug-likeness (QED) is 0.641. The Hall–Kier alpha value is -0.0800. The van der Waals surface area contributed by atoms with Crippen molar-refractivity contribution in [1.82, 2.24) is 5.32 Å². The van der Waals surface area contributed by atoms with Gasteiger partial charge >= 0.3 is 0 Å². The van der Waals surface area contributed by atoms with Crippen LogP contribution >= 0.6 is 0 Å². The van der Waals surface area contributed by atoms with Gasteiger partial charge in [0, 0.05) is 6.04 Å². The highest BCUT2D eigenvalue weighted by Gasteiger charge is 2.23. The third kappa shape index (κ3) is 4.10. The molecule has 1 aliphatic carbocycles. The number of nitrogens with one attached hydrogen (secondary N) is 1. The molecule has 0 aromatic rings. The van der Waals surface area contributed by atoms with Crippen molar-refractivity contribution in [3.8, 4) is 0 Å². The minimum atomic E-state index is -0.0842. The molecule has 1 aliphatic rings. The van der Waals surface area contributed by atoms with E-state index in [2.05, 4.69) is 19.2 Å². The smallest absolute Gasteiger partial charge is 0.0693 e. The fraction of sp³-hybridized carbons (Fsp3) is 1.00. The molecule has 78 valence electrons. The van der Waals surface area contributed by atoms with E-state index in [1.165, 1.54) is 19.3 Å². The molecule has 0 amide bonds. The topological polar surface area (TPSA) is 32.3 Å². The van der Waals surface area contributed by atoms with Crippen molar-refractivity contribution < 1.29 is 5.11 Å². The first-order chi connectivity index (χ1) is 6.20. The summed E-state index contributed by atoms with van der Waals surface area (Å²) < 4.78 is 0. The van der Waals surface area contributed by atoms with Crippen LogP contribution in [0.5, 0.6) is 0 Å². The van der Waals surface area contributed by atoms with Crippen molar-refractivity contribution in [2.45, 2.75) is 58.1 Å². The van der Waals surface area contributed by atoms with Gasteiger partial charge in [-0.25, -0.2) is 0 Å². The summed E-state index contributed by atoms with van der Waals surface area (Å²) in [6.07, 6.45) is 5.77. The lowest BCUT2D eigenvalue weighted by Gasteiger charge is -2.16. The maximum atomic E-state index is 9.53. The summed E-state index contributed by atoms with van der Waals surface area (Å²) in [5, 5.41) is 13.0. The van der Waals surface area contributed by atoms with Crippen LogP contribution in [0.1, 0.15) is 46.0 Å². The Balaban J connectivity index is 1.99. The van der Waals surface area contributed by atoms with Crippen molar-refractivity contribution in [3.05, 3.63) is 0 Å². The van der Waals surface area contributed by atoms with Crippen molar-refractivity contribution in [1.29, 1.82) is 0 Å². The molecule has 13 heavy (non-hydrogen) atoms. The van der Waals surface area contributed by atoms with E-state index >= 15 is 0 Å². The van der Waals surface area contributed by atoms with Gasteiger partial charge in [0.2, 0.25) is 0 Å². The van der Waals surface area contributed by atoms with E-state index in [1.807, 2.05) is 0 Å². The molecule has 1 fully saturated rings. The van der Waals surface area contributed by atoms with Gasteiger partial charge in [-0.3, -0.25) is 0 Å². The molecule has 0 aromatic heterocycles. The van der Waals surface area contributed by atoms with E-state index < -0.39 is 0 Å². The van der Waals surface area contributed by atoms with Gasteiger partial charge < -0.3 is 10.4 Å². The maximum absolute atomic E-state index is 9.53. The number of rotatable bonds is 5. The Kier molecular flexibility index (Phi) is 4.74. The zero-order valence-electron chi connectivity index (χ0n) is 8.92. The van der Waals surface area contributed by atoms with Crippen molar-refractivity contribution in [2.75, 3.05) is 6.54 Å². The predicted molar refractivity (Wildman–Crippen MR) is 55.7 cm³/mol. The van der Waals surface area contributed by atoms with Crippen LogP contribution in [0.4, 0.5) is 0 Å². The summed E-state index contributed by atoms with van der Waals surface area (Å²) in [6.45, 7) is 5.58. The Morgan fingerprint density at radius 2 is 2.15 bits per heavy atom. The molecule has 1 saturated carbocycles. The molecule has 0 heterocycles. The van der Waals surface area contributed by atoms with Gasteiger partial charge in [0.1, 0.15) is 0 Å². The van der Waals surface area contributed by atoms with Crippen LogP contribution in [0.15, 0.2) is 0 Å². The van der Waals surface area contributed by atoms with E-state index in [-0.39, 0.29) is 6.10 Å². The third-order valence-corrected chi connectivity index (χ3v) is 2.84. The molecule has 2 N–H and O–H groups in total. The second-order valence-electron chi connectivity index (χ2n) is 4.59. The standard InChI is InChI=1S/C11H23NO/c1-9(2)5-4-8-12-10-6-3-7-11(10)13/h9-13H,3-8H2,1-2H3/t10-,11-/m0/s1. The van der Waals surface area contributed by atoms with Crippen molar-refractivity contribution >= 4 is 0 Å². The molecule has 0 saturated heterocycles. The molecular formula is C11H23NO. The zero-order valence-corrected chi connectivity index (χ0v) is 8.92. The maximum Gasteiger partial charge on any atom is 0.0693 e. The van der Waals surface area contributed by atoms with Crippen LogP contribution < -0.4 is 5.32 Å². The Bertz CT molecular complexity index is 136. The van der Waals surface area contributed by atoms with Crippen LogP contribution in [0.25, 0.3) is 0 Å². The van der Waals surface area contributed by atoms with E-state index in [0.717, 1.165) is 25.3 Å². The second kappa shape index (κ2) is 5.61. The van der Waals surface area contributed by atoms with Gasteiger partial charge in [-0.05, 0) is 44.6 Å². The van der Waals surface area contributed by atoms with Crippen LogP contribution in [-0.4, -0.2) is 23.8 Å². The normalized spacial score (nSPS) is 28.6. The van der Waals surface area contributed by atoms with Gasteiger partial charge in [0.05, 0.1) is 6.10 Å². The van der Waals surface area contributed by atoms with Crippen LogP contribution in [0, 0.1) is 5.92 Å². The largest absolute Gasteiger partial charge is 0.392 e. The minimum Gasteiger partial charge on any atom is -0.392 e. The molecule has 0 unspecified atom stereocenters. The van der Waals surface area contributed by atoms with Crippen LogP contribution in [-0.2, 0) is 0 Å².